The highest BCUT2D eigenvalue weighted by Gasteiger charge is 2.30. The van der Waals surface area contributed by atoms with E-state index in [9.17, 15) is 13.2 Å². The normalized spacial score (nSPS) is 14.4. The van der Waals surface area contributed by atoms with Crippen molar-refractivity contribution in [2.75, 3.05) is 6.26 Å². The highest BCUT2D eigenvalue weighted by Crippen LogP contribution is 2.11. The van der Waals surface area contributed by atoms with E-state index >= 15 is 0 Å². The Labute approximate surface area is 92.6 Å². The minimum Gasteiger partial charge on any atom is -0.337 e. The van der Waals surface area contributed by atoms with Crippen LogP contribution in [-0.2, 0) is 14.6 Å². The van der Waals surface area contributed by atoms with E-state index < -0.39 is 15.1 Å². The van der Waals surface area contributed by atoms with Crippen LogP contribution in [0.25, 0.3) is 0 Å². The monoisotopic (exact) mass is 235 g/mol. The summed E-state index contributed by atoms with van der Waals surface area (Å²) in [5.41, 5.74) is 0. The molecule has 0 radical (unpaired) electrons. The smallest absolute Gasteiger partial charge is 0.241 e. The third-order valence-corrected chi connectivity index (χ3v) is 3.84. The number of amides is 1. The van der Waals surface area contributed by atoms with Crippen LogP contribution < -0.4 is 0 Å². The van der Waals surface area contributed by atoms with Gasteiger partial charge in [0.15, 0.2) is 9.84 Å². The Morgan fingerprint density at radius 2 is 1.33 bits per heavy atom. The summed E-state index contributed by atoms with van der Waals surface area (Å²) in [6.45, 7) is 8.97. The first-order valence-electron chi connectivity index (χ1n) is 5.10. The minimum atomic E-state index is -3.31. The molecule has 0 aromatic rings. The second-order valence-corrected chi connectivity index (χ2v) is 6.77. The van der Waals surface area contributed by atoms with Gasteiger partial charge in [-0.1, -0.05) is 0 Å². The highest BCUT2D eigenvalue weighted by atomic mass is 32.2. The fourth-order valence-electron chi connectivity index (χ4n) is 1.50. The van der Waals surface area contributed by atoms with Gasteiger partial charge in [0.2, 0.25) is 5.91 Å². The van der Waals surface area contributed by atoms with Crippen molar-refractivity contribution in [1.82, 2.24) is 4.90 Å². The third kappa shape index (κ3) is 3.81. The van der Waals surface area contributed by atoms with Gasteiger partial charge in [-0.15, -0.1) is 0 Å². The zero-order valence-corrected chi connectivity index (χ0v) is 11.1. The molecule has 0 N–H and O–H groups in total. The lowest BCUT2D eigenvalue weighted by molar-refractivity contribution is -0.133. The Morgan fingerprint density at radius 3 is 1.53 bits per heavy atom. The fourth-order valence-corrected chi connectivity index (χ4v) is 1.99. The summed E-state index contributed by atoms with van der Waals surface area (Å²) in [5.74, 6) is -0.317. The van der Waals surface area contributed by atoms with E-state index in [1.165, 1.54) is 6.92 Å². The van der Waals surface area contributed by atoms with Crippen molar-refractivity contribution in [2.45, 2.75) is 52.0 Å². The predicted octanol–water partition coefficient (Wildman–Crippen LogP) is 1.06. The molecule has 0 aromatic heterocycles. The van der Waals surface area contributed by atoms with E-state index in [1.807, 2.05) is 27.7 Å². The molecule has 0 aromatic carbocycles. The van der Waals surface area contributed by atoms with Crippen LogP contribution in [0.4, 0.5) is 0 Å². The lowest BCUT2D eigenvalue weighted by Gasteiger charge is -2.32. The maximum atomic E-state index is 11.9. The van der Waals surface area contributed by atoms with E-state index in [0.29, 0.717) is 0 Å². The number of carbonyl (C=O) groups excluding carboxylic acids is 1. The molecule has 0 unspecified atom stereocenters. The second-order valence-electron chi connectivity index (χ2n) is 4.40. The van der Waals surface area contributed by atoms with Gasteiger partial charge >= 0.3 is 0 Å². The van der Waals surface area contributed by atoms with Crippen molar-refractivity contribution in [1.29, 1.82) is 0 Å². The predicted molar refractivity (Wildman–Crippen MR) is 61.4 cm³/mol. The average molecular weight is 235 g/mol. The van der Waals surface area contributed by atoms with Crippen molar-refractivity contribution in [3.8, 4) is 0 Å². The van der Waals surface area contributed by atoms with Crippen LogP contribution in [-0.4, -0.2) is 42.8 Å². The molecule has 0 aliphatic rings. The van der Waals surface area contributed by atoms with E-state index in [1.54, 1.807) is 4.90 Å². The van der Waals surface area contributed by atoms with Crippen molar-refractivity contribution in [2.24, 2.45) is 0 Å². The molecule has 90 valence electrons. The van der Waals surface area contributed by atoms with Crippen LogP contribution in [0.15, 0.2) is 0 Å². The molecule has 1 amide bonds. The SMILES string of the molecule is CC(C)N(C(=O)[C@H](C)S(C)(=O)=O)C(C)C. The van der Waals surface area contributed by atoms with Crippen molar-refractivity contribution in [3.05, 3.63) is 0 Å². The van der Waals surface area contributed by atoms with Gasteiger partial charge < -0.3 is 4.90 Å². The van der Waals surface area contributed by atoms with Crippen molar-refractivity contribution < 1.29 is 13.2 Å². The topological polar surface area (TPSA) is 54.5 Å². The molecule has 4 nitrogen and oxygen atoms in total. The Kier molecular flexibility index (Phi) is 4.77. The zero-order chi connectivity index (χ0) is 12.4. The molecule has 0 saturated carbocycles. The molecule has 0 spiro atoms. The highest BCUT2D eigenvalue weighted by molar-refractivity contribution is 7.92. The van der Waals surface area contributed by atoms with E-state index in [2.05, 4.69) is 0 Å². The summed E-state index contributed by atoms with van der Waals surface area (Å²) in [5, 5.41) is -0.956. The van der Waals surface area contributed by atoms with Crippen molar-refractivity contribution >= 4 is 15.7 Å². The first-order valence-corrected chi connectivity index (χ1v) is 7.05. The summed E-state index contributed by atoms with van der Waals surface area (Å²) in [7, 11) is -3.31. The standard InChI is InChI=1S/C10H21NO3S/c1-7(2)11(8(3)4)10(12)9(5)15(6,13)14/h7-9H,1-6H3/t9-/m0/s1. The van der Waals surface area contributed by atoms with Crippen LogP contribution in [0.3, 0.4) is 0 Å². The molecular weight excluding hydrogens is 214 g/mol. The molecule has 0 aliphatic heterocycles. The van der Waals surface area contributed by atoms with Gasteiger partial charge in [-0.05, 0) is 34.6 Å². The minimum absolute atomic E-state index is 0.0155. The van der Waals surface area contributed by atoms with Gasteiger partial charge in [0.25, 0.3) is 0 Å². The van der Waals surface area contributed by atoms with Crippen LogP contribution in [0.1, 0.15) is 34.6 Å². The number of rotatable bonds is 4. The molecule has 0 fully saturated rings. The first kappa shape index (κ1) is 14.4. The van der Waals surface area contributed by atoms with Crippen LogP contribution in [0, 0.1) is 0 Å². The van der Waals surface area contributed by atoms with Gasteiger partial charge in [0.1, 0.15) is 5.25 Å². The lowest BCUT2D eigenvalue weighted by atomic mass is 10.2. The molecule has 0 aliphatic carbocycles. The molecule has 0 rings (SSSR count). The van der Waals surface area contributed by atoms with Crippen LogP contribution in [0.5, 0.6) is 0 Å². The second kappa shape index (κ2) is 4.96. The number of sulfone groups is 1. The Bertz CT molecular complexity index is 312. The van der Waals surface area contributed by atoms with Gasteiger partial charge in [0.05, 0.1) is 0 Å². The largest absolute Gasteiger partial charge is 0.337 e. The number of hydrogen-bond acceptors (Lipinski definition) is 3. The summed E-state index contributed by atoms with van der Waals surface area (Å²) in [6.07, 6.45) is 1.09. The maximum absolute atomic E-state index is 11.9. The molecule has 0 saturated heterocycles. The quantitative estimate of drug-likeness (QED) is 0.732. The molecule has 15 heavy (non-hydrogen) atoms. The first-order chi connectivity index (χ1) is 6.59. The maximum Gasteiger partial charge on any atom is 0.241 e. The van der Waals surface area contributed by atoms with Crippen LogP contribution in [0.2, 0.25) is 0 Å². The molecule has 5 heteroatoms. The van der Waals surface area contributed by atoms with E-state index in [4.69, 9.17) is 0 Å². The van der Waals surface area contributed by atoms with Gasteiger partial charge in [0, 0.05) is 18.3 Å². The number of nitrogens with zero attached hydrogens (tertiary/aromatic N) is 1. The fraction of sp³-hybridized carbons (Fsp3) is 0.900. The van der Waals surface area contributed by atoms with Crippen LogP contribution >= 0.6 is 0 Å². The third-order valence-electron chi connectivity index (χ3n) is 2.36. The number of hydrogen-bond donors (Lipinski definition) is 0. The zero-order valence-electron chi connectivity index (χ0n) is 10.3. The molecule has 0 bridgehead atoms. The summed E-state index contributed by atoms with van der Waals surface area (Å²) in [4.78, 5) is 13.5. The average Bonchev–Trinajstić information content (AvgIpc) is 1.99. The lowest BCUT2D eigenvalue weighted by Crippen LogP contribution is -2.48. The van der Waals surface area contributed by atoms with E-state index in [-0.39, 0.29) is 18.0 Å². The van der Waals surface area contributed by atoms with E-state index in [0.717, 1.165) is 6.26 Å². The van der Waals surface area contributed by atoms with Crippen molar-refractivity contribution in [3.63, 3.8) is 0 Å². The summed E-state index contributed by atoms with van der Waals surface area (Å²) >= 11 is 0. The molecule has 1 atom stereocenters. The van der Waals surface area contributed by atoms with Gasteiger partial charge in [-0.3, -0.25) is 4.79 Å². The molecule has 0 heterocycles. The Balaban J connectivity index is 4.97. The van der Waals surface area contributed by atoms with Gasteiger partial charge in [-0.25, -0.2) is 8.42 Å². The van der Waals surface area contributed by atoms with Gasteiger partial charge in [-0.2, -0.15) is 0 Å². The Morgan fingerprint density at radius 1 is 1.00 bits per heavy atom. The summed E-state index contributed by atoms with van der Waals surface area (Å²) < 4.78 is 22.5. The Hall–Kier alpha value is -0.580. The number of carbonyl (C=O) groups is 1. The summed E-state index contributed by atoms with van der Waals surface area (Å²) in [6, 6.07) is 0.0309. The molecular formula is C10H21NO3S.